The van der Waals surface area contributed by atoms with Crippen molar-refractivity contribution >= 4 is 22.4 Å². The Labute approximate surface area is 108 Å². The average Bonchev–Trinajstić information content (AvgIpc) is 2.34. The van der Waals surface area contributed by atoms with Crippen LogP contribution in [0.15, 0.2) is 24.5 Å². The van der Waals surface area contributed by atoms with Crippen molar-refractivity contribution in [2.75, 3.05) is 17.2 Å². The van der Waals surface area contributed by atoms with E-state index in [-0.39, 0.29) is 0 Å². The lowest BCUT2D eigenvalue weighted by atomic mass is 10.2. The smallest absolute Gasteiger partial charge is 0.140 e. The fourth-order valence-electron chi connectivity index (χ4n) is 2.14. The topological polar surface area (TPSA) is 55.0 Å². The molecule has 4 nitrogen and oxygen atoms in total. The third-order valence-electron chi connectivity index (χ3n) is 3.00. The number of benzene rings is 1. The summed E-state index contributed by atoms with van der Waals surface area (Å²) < 4.78 is 0. The number of aromatic nitrogens is 2. The van der Waals surface area contributed by atoms with Gasteiger partial charge < -0.3 is 10.6 Å². The number of anilines is 2. The first-order chi connectivity index (χ1) is 8.63. The lowest BCUT2D eigenvalue weighted by Gasteiger charge is -2.28. The number of fused-ring (bicyclic) bond motifs is 1. The molecule has 0 saturated heterocycles. The highest BCUT2D eigenvalue weighted by molar-refractivity contribution is 5.91. The maximum atomic E-state index is 5.79. The molecule has 1 aromatic heterocycles. The maximum absolute atomic E-state index is 5.79. The van der Waals surface area contributed by atoms with Crippen LogP contribution in [0.2, 0.25) is 0 Å². The van der Waals surface area contributed by atoms with Gasteiger partial charge in [-0.3, -0.25) is 0 Å². The van der Waals surface area contributed by atoms with Crippen molar-refractivity contribution in [2.45, 2.75) is 33.2 Å². The lowest BCUT2D eigenvalue weighted by molar-refractivity contribution is 0.664. The summed E-state index contributed by atoms with van der Waals surface area (Å²) in [6, 6.07) is 6.22. The van der Waals surface area contributed by atoms with Gasteiger partial charge in [-0.05, 0) is 38.5 Å². The Hall–Kier alpha value is -1.84. The second kappa shape index (κ2) is 5.21. The predicted molar refractivity (Wildman–Crippen MR) is 76.7 cm³/mol. The van der Waals surface area contributed by atoms with Crippen LogP contribution in [0.25, 0.3) is 10.9 Å². The van der Waals surface area contributed by atoms with Crippen LogP contribution in [0, 0.1) is 0 Å². The first-order valence-electron chi connectivity index (χ1n) is 6.40. The van der Waals surface area contributed by atoms with Crippen LogP contribution in [-0.4, -0.2) is 22.6 Å². The largest absolute Gasteiger partial charge is 0.399 e. The maximum Gasteiger partial charge on any atom is 0.140 e. The number of hydrogen-bond acceptors (Lipinski definition) is 4. The van der Waals surface area contributed by atoms with Gasteiger partial charge >= 0.3 is 0 Å². The van der Waals surface area contributed by atoms with E-state index >= 15 is 0 Å². The molecule has 0 bridgehead atoms. The molecule has 1 aromatic carbocycles. The quantitative estimate of drug-likeness (QED) is 0.840. The molecule has 4 heteroatoms. The molecule has 0 aliphatic heterocycles. The van der Waals surface area contributed by atoms with Crippen molar-refractivity contribution in [3.8, 4) is 0 Å². The van der Waals surface area contributed by atoms with Gasteiger partial charge in [0, 0.05) is 23.7 Å². The van der Waals surface area contributed by atoms with Crippen molar-refractivity contribution in [1.82, 2.24) is 9.97 Å². The van der Waals surface area contributed by atoms with E-state index in [1.807, 2.05) is 18.2 Å². The molecule has 0 atom stereocenters. The van der Waals surface area contributed by atoms with E-state index in [9.17, 15) is 0 Å². The Morgan fingerprint density at radius 3 is 2.72 bits per heavy atom. The molecule has 96 valence electrons. The van der Waals surface area contributed by atoms with Gasteiger partial charge in [0.15, 0.2) is 0 Å². The second-order valence-electron chi connectivity index (χ2n) is 4.76. The van der Waals surface area contributed by atoms with E-state index in [2.05, 4.69) is 35.6 Å². The molecule has 2 rings (SSSR count). The third kappa shape index (κ3) is 2.37. The summed E-state index contributed by atoms with van der Waals surface area (Å²) in [6.45, 7) is 7.53. The van der Waals surface area contributed by atoms with Gasteiger partial charge in [-0.15, -0.1) is 0 Å². The zero-order valence-electron chi connectivity index (χ0n) is 11.2. The standard InChI is InChI=1S/C14H20N4/c1-4-7-18(10(2)3)14-12-6-5-11(15)8-13(12)16-9-17-14/h5-6,8-10H,4,7,15H2,1-3H3. The van der Waals surface area contributed by atoms with E-state index < -0.39 is 0 Å². The zero-order valence-corrected chi connectivity index (χ0v) is 11.2. The molecule has 18 heavy (non-hydrogen) atoms. The molecule has 2 N–H and O–H groups in total. The Balaban J connectivity index is 2.55. The molecule has 0 aliphatic rings. The molecule has 0 aliphatic carbocycles. The fourth-order valence-corrected chi connectivity index (χ4v) is 2.14. The average molecular weight is 244 g/mol. The van der Waals surface area contributed by atoms with Crippen LogP contribution in [0.1, 0.15) is 27.2 Å². The van der Waals surface area contributed by atoms with Crippen LogP contribution >= 0.6 is 0 Å². The van der Waals surface area contributed by atoms with Crippen LogP contribution in [0.5, 0.6) is 0 Å². The molecule has 0 fully saturated rings. The first kappa shape index (κ1) is 12.6. The molecular weight excluding hydrogens is 224 g/mol. The summed E-state index contributed by atoms with van der Waals surface area (Å²) >= 11 is 0. The van der Waals surface area contributed by atoms with Crippen molar-refractivity contribution in [3.05, 3.63) is 24.5 Å². The van der Waals surface area contributed by atoms with Gasteiger partial charge in [-0.25, -0.2) is 9.97 Å². The van der Waals surface area contributed by atoms with Gasteiger partial charge in [0.1, 0.15) is 12.1 Å². The van der Waals surface area contributed by atoms with E-state index in [4.69, 9.17) is 5.73 Å². The number of rotatable bonds is 4. The number of nitrogens with two attached hydrogens (primary N) is 1. The second-order valence-corrected chi connectivity index (χ2v) is 4.76. The van der Waals surface area contributed by atoms with E-state index in [1.54, 1.807) is 6.33 Å². The van der Waals surface area contributed by atoms with Crippen LogP contribution < -0.4 is 10.6 Å². The van der Waals surface area contributed by atoms with Gasteiger partial charge in [0.05, 0.1) is 5.52 Å². The molecule has 0 saturated carbocycles. The summed E-state index contributed by atoms with van der Waals surface area (Å²) in [6.07, 6.45) is 2.71. The Morgan fingerprint density at radius 1 is 1.28 bits per heavy atom. The normalized spacial score (nSPS) is 11.1. The minimum absolute atomic E-state index is 0.417. The molecule has 0 radical (unpaired) electrons. The van der Waals surface area contributed by atoms with Crippen molar-refractivity contribution in [2.24, 2.45) is 0 Å². The highest BCUT2D eigenvalue weighted by Crippen LogP contribution is 2.25. The van der Waals surface area contributed by atoms with Crippen LogP contribution in [0.4, 0.5) is 11.5 Å². The van der Waals surface area contributed by atoms with Crippen molar-refractivity contribution in [1.29, 1.82) is 0 Å². The molecular formula is C14H20N4. The molecule has 0 unspecified atom stereocenters. The zero-order chi connectivity index (χ0) is 13.1. The number of hydrogen-bond donors (Lipinski definition) is 1. The third-order valence-corrected chi connectivity index (χ3v) is 3.00. The highest BCUT2D eigenvalue weighted by Gasteiger charge is 2.14. The Bertz CT molecular complexity index is 536. The van der Waals surface area contributed by atoms with E-state index in [0.717, 1.165) is 35.4 Å². The van der Waals surface area contributed by atoms with Crippen LogP contribution in [0.3, 0.4) is 0 Å². The fraction of sp³-hybridized carbons (Fsp3) is 0.429. The summed E-state index contributed by atoms with van der Waals surface area (Å²) in [5.74, 6) is 0.997. The minimum atomic E-state index is 0.417. The predicted octanol–water partition coefficient (Wildman–Crippen LogP) is 2.84. The van der Waals surface area contributed by atoms with Gasteiger partial charge in [0.25, 0.3) is 0 Å². The SMILES string of the molecule is CCCN(c1ncnc2cc(N)ccc12)C(C)C. The monoisotopic (exact) mass is 244 g/mol. The minimum Gasteiger partial charge on any atom is -0.399 e. The molecule has 0 spiro atoms. The van der Waals surface area contributed by atoms with Crippen LogP contribution in [-0.2, 0) is 0 Å². The van der Waals surface area contributed by atoms with Gasteiger partial charge in [-0.1, -0.05) is 6.92 Å². The summed E-state index contributed by atoms with van der Waals surface area (Å²) in [7, 11) is 0. The summed E-state index contributed by atoms with van der Waals surface area (Å²) in [5.41, 5.74) is 7.43. The highest BCUT2D eigenvalue weighted by atomic mass is 15.2. The van der Waals surface area contributed by atoms with E-state index in [0.29, 0.717) is 6.04 Å². The Kier molecular flexibility index (Phi) is 3.65. The molecule has 0 amide bonds. The van der Waals surface area contributed by atoms with Gasteiger partial charge in [0.2, 0.25) is 0 Å². The Morgan fingerprint density at radius 2 is 2.06 bits per heavy atom. The molecule has 2 aromatic rings. The van der Waals surface area contributed by atoms with E-state index in [1.165, 1.54) is 0 Å². The molecule has 1 heterocycles. The van der Waals surface area contributed by atoms with Crippen molar-refractivity contribution < 1.29 is 0 Å². The van der Waals surface area contributed by atoms with Gasteiger partial charge in [-0.2, -0.15) is 0 Å². The number of nitrogen functional groups attached to an aromatic ring is 1. The number of nitrogens with zero attached hydrogens (tertiary/aromatic N) is 3. The van der Waals surface area contributed by atoms with Crippen molar-refractivity contribution in [3.63, 3.8) is 0 Å². The summed E-state index contributed by atoms with van der Waals surface area (Å²) in [4.78, 5) is 11.0. The first-order valence-corrected chi connectivity index (χ1v) is 6.40. The summed E-state index contributed by atoms with van der Waals surface area (Å²) in [5, 5.41) is 1.06. The lowest BCUT2D eigenvalue weighted by Crippen LogP contribution is -2.32.